The van der Waals surface area contributed by atoms with E-state index in [-0.39, 0.29) is 12.3 Å². The second kappa shape index (κ2) is 8.14. The molecule has 0 radical (unpaired) electrons. The van der Waals surface area contributed by atoms with Crippen LogP contribution in [0.2, 0.25) is 0 Å². The van der Waals surface area contributed by atoms with Crippen LogP contribution in [-0.4, -0.2) is 49.9 Å². The number of nitrogens with zero attached hydrogens (tertiary/aromatic N) is 1. The van der Waals surface area contributed by atoms with Crippen molar-refractivity contribution < 1.29 is 33.6 Å². The third-order valence-electron chi connectivity index (χ3n) is 4.57. The molecule has 8 heteroatoms. The fourth-order valence-corrected chi connectivity index (χ4v) is 3.22. The quantitative estimate of drug-likeness (QED) is 0.582. The minimum atomic E-state index is -1.02. The molecule has 1 N–H and O–H groups in total. The molecule has 0 spiro atoms. The van der Waals surface area contributed by atoms with Gasteiger partial charge in [-0.15, -0.1) is 0 Å². The monoisotopic (exact) mass is 399 g/mol. The first-order valence-corrected chi connectivity index (χ1v) is 8.66. The number of aliphatic carboxylic acids is 1. The molecule has 0 fully saturated rings. The average molecular weight is 399 g/mol. The molecule has 3 rings (SSSR count). The van der Waals surface area contributed by atoms with Gasteiger partial charge >= 0.3 is 5.97 Å². The zero-order valence-electron chi connectivity index (χ0n) is 16.5. The summed E-state index contributed by atoms with van der Waals surface area (Å²) in [4.78, 5) is 24.6. The highest BCUT2D eigenvalue weighted by molar-refractivity contribution is 6.17. The van der Waals surface area contributed by atoms with Crippen LogP contribution in [0.3, 0.4) is 0 Å². The summed E-state index contributed by atoms with van der Waals surface area (Å²) in [6.45, 7) is -0.286. The van der Waals surface area contributed by atoms with Gasteiger partial charge < -0.3 is 28.6 Å². The van der Waals surface area contributed by atoms with Crippen molar-refractivity contribution in [3.63, 3.8) is 0 Å². The Balaban J connectivity index is 2.18. The lowest BCUT2D eigenvalue weighted by atomic mass is 10.0. The van der Waals surface area contributed by atoms with Crippen LogP contribution in [0.5, 0.6) is 23.0 Å². The number of carboxylic acids is 1. The Kier molecular flexibility index (Phi) is 5.63. The Morgan fingerprint density at radius 1 is 0.931 bits per heavy atom. The van der Waals surface area contributed by atoms with Crippen LogP contribution in [0.1, 0.15) is 15.9 Å². The van der Waals surface area contributed by atoms with Gasteiger partial charge in [0.05, 0.1) is 34.0 Å². The van der Waals surface area contributed by atoms with E-state index in [4.69, 9.17) is 18.9 Å². The minimum Gasteiger partial charge on any atom is -0.497 e. The minimum absolute atomic E-state index is 0.286. The molecule has 0 saturated heterocycles. The molecule has 8 nitrogen and oxygen atoms in total. The molecule has 0 amide bonds. The molecule has 0 aliphatic carbocycles. The van der Waals surface area contributed by atoms with Crippen LogP contribution in [0.15, 0.2) is 36.5 Å². The van der Waals surface area contributed by atoms with Gasteiger partial charge in [-0.1, -0.05) is 0 Å². The highest BCUT2D eigenvalue weighted by Gasteiger charge is 2.22. The highest BCUT2D eigenvalue weighted by Crippen LogP contribution is 2.39. The van der Waals surface area contributed by atoms with Crippen LogP contribution in [0.25, 0.3) is 10.9 Å². The molecule has 0 bridgehead atoms. The number of aromatic nitrogens is 1. The van der Waals surface area contributed by atoms with Crippen LogP contribution >= 0.6 is 0 Å². The summed E-state index contributed by atoms with van der Waals surface area (Å²) < 4.78 is 22.7. The van der Waals surface area contributed by atoms with Gasteiger partial charge in [0.15, 0.2) is 17.3 Å². The number of benzene rings is 2. The first-order valence-electron chi connectivity index (χ1n) is 8.66. The third kappa shape index (κ3) is 3.69. The van der Waals surface area contributed by atoms with E-state index in [0.717, 1.165) is 0 Å². The fourth-order valence-electron chi connectivity index (χ4n) is 3.22. The van der Waals surface area contributed by atoms with Gasteiger partial charge in [0.25, 0.3) is 0 Å². The van der Waals surface area contributed by atoms with Gasteiger partial charge in [-0.3, -0.25) is 9.59 Å². The van der Waals surface area contributed by atoms with Gasteiger partial charge in [0.2, 0.25) is 5.75 Å². The van der Waals surface area contributed by atoms with Gasteiger partial charge in [0.1, 0.15) is 12.3 Å². The van der Waals surface area contributed by atoms with Crippen molar-refractivity contribution in [3.8, 4) is 23.0 Å². The number of carbonyl (C=O) groups excluding carboxylic acids is 1. The lowest BCUT2D eigenvalue weighted by Crippen LogP contribution is -2.08. The fraction of sp³-hybridized carbons (Fsp3) is 0.238. The summed E-state index contributed by atoms with van der Waals surface area (Å²) in [7, 11) is 5.94. The van der Waals surface area contributed by atoms with Crippen molar-refractivity contribution in [1.82, 2.24) is 4.57 Å². The Hall–Kier alpha value is -3.68. The summed E-state index contributed by atoms with van der Waals surface area (Å²) in [6, 6.07) is 8.28. The maximum Gasteiger partial charge on any atom is 0.323 e. The Morgan fingerprint density at radius 3 is 2.10 bits per heavy atom. The predicted octanol–water partition coefficient (Wildman–Crippen LogP) is 2.99. The highest BCUT2D eigenvalue weighted by atomic mass is 16.5. The predicted molar refractivity (Wildman–Crippen MR) is 106 cm³/mol. The van der Waals surface area contributed by atoms with Gasteiger partial charge in [-0.2, -0.15) is 0 Å². The maximum absolute atomic E-state index is 13.3. The number of methoxy groups -OCH3 is 4. The summed E-state index contributed by atoms with van der Waals surface area (Å²) >= 11 is 0. The SMILES string of the molecule is COc1ccc2c(C(=O)c3cc(OC)c(OC)c(OC)c3)cn(CC(=O)O)c2c1. The number of carbonyl (C=O) groups is 2. The Morgan fingerprint density at radius 2 is 1.59 bits per heavy atom. The smallest absolute Gasteiger partial charge is 0.323 e. The molecule has 0 atom stereocenters. The molecule has 1 aromatic heterocycles. The van der Waals surface area contributed by atoms with Crippen molar-refractivity contribution in [2.45, 2.75) is 6.54 Å². The van der Waals surface area contributed by atoms with Crippen molar-refractivity contribution in [1.29, 1.82) is 0 Å². The summed E-state index contributed by atoms with van der Waals surface area (Å²) in [5, 5.41) is 9.84. The molecular weight excluding hydrogens is 378 g/mol. The number of hydrogen-bond donors (Lipinski definition) is 1. The average Bonchev–Trinajstić information content (AvgIpc) is 3.08. The van der Waals surface area contributed by atoms with Crippen molar-refractivity contribution in [2.75, 3.05) is 28.4 Å². The van der Waals surface area contributed by atoms with Crippen LogP contribution in [0, 0.1) is 0 Å². The normalized spacial score (nSPS) is 10.6. The molecule has 3 aromatic rings. The molecule has 0 aliphatic heterocycles. The van der Waals surface area contributed by atoms with Crippen molar-refractivity contribution in [3.05, 3.63) is 47.7 Å². The molecule has 0 aliphatic rings. The number of hydrogen-bond acceptors (Lipinski definition) is 6. The van der Waals surface area contributed by atoms with E-state index in [0.29, 0.717) is 45.0 Å². The summed E-state index contributed by atoms with van der Waals surface area (Å²) in [5.74, 6) is 0.330. The lowest BCUT2D eigenvalue weighted by molar-refractivity contribution is -0.137. The lowest BCUT2D eigenvalue weighted by Gasteiger charge is -2.13. The van der Waals surface area contributed by atoms with E-state index in [1.807, 2.05) is 0 Å². The van der Waals surface area contributed by atoms with E-state index < -0.39 is 5.97 Å². The Bertz CT molecular complexity index is 1060. The molecule has 0 unspecified atom stereocenters. The summed E-state index contributed by atoms with van der Waals surface area (Å²) in [6.07, 6.45) is 1.53. The molecule has 152 valence electrons. The Labute approximate surface area is 167 Å². The van der Waals surface area contributed by atoms with E-state index in [1.165, 1.54) is 39.2 Å². The third-order valence-corrected chi connectivity index (χ3v) is 4.57. The number of fused-ring (bicyclic) bond motifs is 1. The van der Waals surface area contributed by atoms with Crippen LogP contribution < -0.4 is 18.9 Å². The summed E-state index contributed by atoms with van der Waals surface area (Å²) in [5.41, 5.74) is 1.27. The second-order valence-corrected chi connectivity index (χ2v) is 6.19. The van der Waals surface area contributed by atoms with Crippen molar-refractivity contribution in [2.24, 2.45) is 0 Å². The first kappa shape index (κ1) is 20.1. The molecule has 1 heterocycles. The first-order chi connectivity index (χ1) is 13.9. The number of ether oxygens (including phenoxy) is 4. The second-order valence-electron chi connectivity index (χ2n) is 6.19. The number of carboxylic acid groups (broad SMARTS) is 1. The molecule has 29 heavy (non-hydrogen) atoms. The zero-order chi connectivity index (χ0) is 21.1. The van der Waals surface area contributed by atoms with Gasteiger partial charge in [-0.05, 0) is 24.3 Å². The molecule has 0 saturated carbocycles. The molecular formula is C21H21NO7. The zero-order valence-corrected chi connectivity index (χ0v) is 16.5. The number of rotatable bonds is 8. The maximum atomic E-state index is 13.3. The van der Waals surface area contributed by atoms with Crippen molar-refractivity contribution >= 4 is 22.7 Å². The topological polar surface area (TPSA) is 96.2 Å². The largest absolute Gasteiger partial charge is 0.497 e. The standard InChI is InChI=1S/C21H21NO7/c1-26-13-5-6-14-15(10-22(11-19(23)24)16(14)9-13)20(25)12-7-17(27-2)21(29-4)18(8-12)28-3/h5-10H,11H2,1-4H3,(H,23,24). The van der Waals surface area contributed by atoms with E-state index in [9.17, 15) is 14.7 Å². The van der Waals surface area contributed by atoms with Crippen LogP contribution in [-0.2, 0) is 11.3 Å². The van der Waals surface area contributed by atoms with E-state index in [1.54, 1.807) is 30.3 Å². The van der Waals surface area contributed by atoms with E-state index in [2.05, 4.69) is 0 Å². The van der Waals surface area contributed by atoms with Gasteiger partial charge in [0, 0.05) is 28.8 Å². The van der Waals surface area contributed by atoms with E-state index >= 15 is 0 Å². The van der Waals surface area contributed by atoms with Crippen LogP contribution in [0.4, 0.5) is 0 Å². The molecule has 2 aromatic carbocycles. The number of ketones is 1. The van der Waals surface area contributed by atoms with Gasteiger partial charge in [-0.25, -0.2) is 0 Å².